The Morgan fingerprint density at radius 2 is 1.59 bits per heavy atom. The molecule has 0 aliphatic heterocycles. The summed E-state index contributed by atoms with van der Waals surface area (Å²) in [5.41, 5.74) is 0. The molecule has 1 aliphatic carbocycles. The van der Waals surface area contributed by atoms with Crippen molar-refractivity contribution in [3.05, 3.63) is 0 Å². The number of nitrogens with one attached hydrogen (secondary N) is 2. The van der Waals surface area contributed by atoms with Crippen LogP contribution in [0.15, 0.2) is 0 Å². The zero-order chi connectivity index (χ0) is 20.9. The highest BCUT2D eigenvalue weighted by molar-refractivity contribution is 5.82. The molecule has 1 rings (SSSR count). The van der Waals surface area contributed by atoms with E-state index in [2.05, 4.69) is 10.6 Å². The standard InChI is InChI=1S/C15H28N2O4.C3H6O.C2H6/c1-3-14(18)12-10-13(11-12)17-15(19)4-6-20-8-9-21-7-5-16-2;1-2-3-4;1-2/h12-13,16H,3-11H2,1-2H3,(H,17,19);3H,2H2,1H3;1-2H3. The average Bonchev–Trinajstić information content (AvgIpc) is 2.67. The molecule has 27 heavy (non-hydrogen) atoms. The summed E-state index contributed by atoms with van der Waals surface area (Å²) < 4.78 is 10.6. The molecule has 0 aromatic carbocycles. The first-order valence-electron chi connectivity index (χ1n) is 10.1. The summed E-state index contributed by atoms with van der Waals surface area (Å²) in [4.78, 5) is 32.2. The number of carbonyl (C=O) groups excluding carboxylic acids is 3. The van der Waals surface area contributed by atoms with Crippen molar-refractivity contribution in [1.82, 2.24) is 10.6 Å². The highest BCUT2D eigenvalue weighted by Gasteiger charge is 2.33. The van der Waals surface area contributed by atoms with E-state index in [1.807, 2.05) is 34.7 Å². The van der Waals surface area contributed by atoms with Gasteiger partial charge in [0.25, 0.3) is 0 Å². The van der Waals surface area contributed by atoms with Crippen LogP contribution in [0.25, 0.3) is 0 Å². The molecule has 0 unspecified atom stereocenters. The SMILES string of the molecule is CC.CCC(=O)C1CC(NC(=O)CCOCCOCCNC)C1.CCC=O. The van der Waals surface area contributed by atoms with Crippen molar-refractivity contribution < 1.29 is 23.9 Å². The van der Waals surface area contributed by atoms with Gasteiger partial charge in [-0.3, -0.25) is 9.59 Å². The number of aldehydes is 1. The van der Waals surface area contributed by atoms with Gasteiger partial charge in [-0.05, 0) is 19.9 Å². The van der Waals surface area contributed by atoms with Crippen LogP contribution in [0, 0.1) is 5.92 Å². The third-order valence-electron chi connectivity index (χ3n) is 3.82. The zero-order valence-corrected chi connectivity index (χ0v) is 17.8. The third-order valence-corrected chi connectivity index (χ3v) is 3.82. The molecular formula is C20H40N2O5. The Bertz CT molecular complexity index is 371. The van der Waals surface area contributed by atoms with E-state index in [1.165, 1.54) is 0 Å². The molecule has 1 fully saturated rings. The van der Waals surface area contributed by atoms with Crippen molar-refractivity contribution in [2.45, 2.75) is 65.8 Å². The minimum absolute atomic E-state index is 0.00139. The van der Waals surface area contributed by atoms with Crippen molar-refractivity contribution in [3.8, 4) is 0 Å². The topological polar surface area (TPSA) is 93.7 Å². The number of carbonyl (C=O) groups is 3. The van der Waals surface area contributed by atoms with Crippen LogP contribution in [-0.2, 0) is 23.9 Å². The molecule has 160 valence electrons. The largest absolute Gasteiger partial charge is 0.379 e. The van der Waals surface area contributed by atoms with Crippen LogP contribution >= 0.6 is 0 Å². The van der Waals surface area contributed by atoms with Gasteiger partial charge < -0.3 is 24.9 Å². The first-order valence-corrected chi connectivity index (χ1v) is 10.1. The lowest BCUT2D eigenvalue weighted by Crippen LogP contribution is -2.46. The maximum Gasteiger partial charge on any atom is 0.222 e. The molecular weight excluding hydrogens is 348 g/mol. The molecule has 0 radical (unpaired) electrons. The van der Waals surface area contributed by atoms with Crippen molar-refractivity contribution in [1.29, 1.82) is 0 Å². The van der Waals surface area contributed by atoms with Crippen molar-refractivity contribution in [2.24, 2.45) is 5.92 Å². The molecule has 7 nitrogen and oxygen atoms in total. The molecule has 0 heterocycles. The van der Waals surface area contributed by atoms with Gasteiger partial charge in [0.15, 0.2) is 0 Å². The van der Waals surface area contributed by atoms with Gasteiger partial charge in [0.1, 0.15) is 12.1 Å². The molecule has 2 N–H and O–H groups in total. The molecule has 0 saturated heterocycles. The Labute approximate surface area is 164 Å². The van der Waals surface area contributed by atoms with Gasteiger partial charge in [0.2, 0.25) is 5.91 Å². The van der Waals surface area contributed by atoms with Gasteiger partial charge in [-0.25, -0.2) is 0 Å². The fraction of sp³-hybridized carbons (Fsp3) is 0.850. The summed E-state index contributed by atoms with van der Waals surface area (Å²) in [6.45, 7) is 10.7. The second-order valence-electron chi connectivity index (χ2n) is 5.91. The number of rotatable bonds is 13. The Hall–Kier alpha value is -1.31. The van der Waals surface area contributed by atoms with Gasteiger partial charge >= 0.3 is 0 Å². The van der Waals surface area contributed by atoms with Gasteiger partial charge in [0, 0.05) is 37.8 Å². The maximum absolute atomic E-state index is 11.7. The Balaban J connectivity index is 0. The number of hydrogen-bond acceptors (Lipinski definition) is 6. The average molecular weight is 389 g/mol. The van der Waals surface area contributed by atoms with Gasteiger partial charge in [0.05, 0.1) is 26.4 Å². The highest BCUT2D eigenvalue weighted by Crippen LogP contribution is 2.29. The number of Topliss-reactive ketones (excluding diaryl/α,β-unsaturated/α-hetero) is 1. The van der Waals surface area contributed by atoms with Crippen LogP contribution < -0.4 is 10.6 Å². The highest BCUT2D eigenvalue weighted by atomic mass is 16.5. The Morgan fingerprint density at radius 1 is 1.04 bits per heavy atom. The van der Waals surface area contributed by atoms with Crippen LogP contribution in [0.4, 0.5) is 0 Å². The number of ether oxygens (including phenoxy) is 2. The molecule has 0 atom stereocenters. The van der Waals surface area contributed by atoms with Crippen molar-refractivity contribution in [3.63, 3.8) is 0 Å². The normalized spacial score (nSPS) is 17.4. The van der Waals surface area contributed by atoms with E-state index in [9.17, 15) is 14.4 Å². The van der Waals surface area contributed by atoms with Crippen molar-refractivity contribution in [2.75, 3.05) is 40.0 Å². The van der Waals surface area contributed by atoms with E-state index in [0.717, 1.165) is 25.7 Å². The smallest absolute Gasteiger partial charge is 0.222 e. The predicted octanol–water partition coefficient (Wildman–Crippen LogP) is 2.12. The molecule has 0 spiro atoms. The molecule has 0 aromatic heterocycles. The Kier molecular flexibility index (Phi) is 21.7. The molecule has 7 heteroatoms. The van der Waals surface area contributed by atoms with Crippen LogP contribution in [0.1, 0.15) is 59.8 Å². The summed E-state index contributed by atoms with van der Waals surface area (Å²) in [7, 11) is 1.88. The van der Waals surface area contributed by atoms with E-state index in [1.54, 1.807) is 0 Å². The van der Waals surface area contributed by atoms with E-state index < -0.39 is 0 Å². The summed E-state index contributed by atoms with van der Waals surface area (Å²) >= 11 is 0. The lowest BCUT2D eigenvalue weighted by Gasteiger charge is -2.34. The van der Waals surface area contributed by atoms with E-state index >= 15 is 0 Å². The fourth-order valence-electron chi connectivity index (χ4n) is 2.25. The summed E-state index contributed by atoms with van der Waals surface area (Å²) in [6, 6.07) is 0.169. The van der Waals surface area contributed by atoms with E-state index in [4.69, 9.17) is 9.47 Å². The first kappa shape index (κ1) is 27.9. The summed E-state index contributed by atoms with van der Waals surface area (Å²) in [5.74, 6) is 0.465. The van der Waals surface area contributed by atoms with E-state index in [-0.39, 0.29) is 17.9 Å². The predicted molar refractivity (Wildman–Crippen MR) is 108 cm³/mol. The third kappa shape index (κ3) is 16.6. The second-order valence-corrected chi connectivity index (χ2v) is 5.91. The van der Waals surface area contributed by atoms with Crippen LogP contribution in [-0.4, -0.2) is 64.0 Å². The molecule has 1 aliphatic rings. The number of likely N-dealkylation sites (N-methyl/N-ethyl adjacent to an activating group) is 1. The quantitative estimate of drug-likeness (QED) is 0.371. The number of ketones is 1. The van der Waals surface area contributed by atoms with Gasteiger partial charge in [-0.1, -0.05) is 27.7 Å². The van der Waals surface area contributed by atoms with Gasteiger partial charge in [-0.2, -0.15) is 0 Å². The maximum atomic E-state index is 11.7. The Morgan fingerprint density at radius 3 is 2.07 bits per heavy atom. The molecule has 0 aromatic rings. The monoisotopic (exact) mass is 388 g/mol. The molecule has 0 bridgehead atoms. The summed E-state index contributed by atoms with van der Waals surface area (Å²) in [5, 5.41) is 5.92. The van der Waals surface area contributed by atoms with Crippen LogP contribution in [0.2, 0.25) is 0 Å². The molecule has 1 saturated carbocycles. The number of hydrogen-bond donors (Lipinski definition) is 2. The first-order chi connectivity index (χ1) is 13.1. The lowest BCUT2D eigenvalue weighted by atomic mass is 9.77. The minimum Gasteiger partial charge on any atom is -0.379 e. The zero-order valence-electron chi connectivity index (χ0n) is 17.8. The molecule has 1 amide bonds. The second kappa shape index (κ2) is 21.0. The fourth-order valence-corrected chi connectivity index (χ4v) is 2.25. The van der Waals surface area contributed by atoms with Crippen LogP contribution in [0.3, 0.4) is 0 Å². The van der Waals surface area contributed by atoms with E-state index in [0.29, 0.717) is 51.5 Å². The van der Waals surface area contributed by atoms with Crippen molar-refractivity contribution >= 4 is 18.0 Å². The minimum atomic E-state index is -0.00139. The van der Waals surface area contributed by atoms with Gasteiger partial charge in [-0.15, -0.1) is 0 Å². The van der Waals surface area contributed by atoms with Crippen LogP contribution in [0.5, 0.6) is 0 Å². The lowest BCUT2D eigenvalue weighted by molar-refractivity contribution is -0.129. The summed E-state index contributed by atoms with van der Waals surface area (Å²) in [6.07, 6.45) is 4.05. The number of amides is 1.